The number of hydrogen-bond donors (Lipinski definition) is 1. The molecule has 6 heteroatoms. The van der Waals surface area contributed by atoms with Crippen molar-refractivity contribution < 1.29 is 14.3 Å². The van der Waals surface area contributed by atoms with Crippen molar-refractivity contribution in [1.29, 1.82) is 0 Å². The molecule has 5 nitrogen and oxygen atoms in total. The second-order valence-electron chi connectivity index (χ2n) is 5.97. The van der Waals surface area contributed by atoms with Gasteiger partial charge in [0.05, 0.1) is 23.7 Å². The number of rotatable bonds is 5. The van der Waals surface area contributed by atoms with Gasteiger partial charge < -0.3 is 14.8 Å². The zero-order chi connectivity index (χ0) is 17.1. The van der Waals surface area contributed by atoms with Crippen LogP contribution in [0.1, 0.15) is 21.1 Å². The Bertz CT molecular complexity index is 742. The molecule has 0 aliphatic carbocycles. The fourth-order valence-electron chi connectivity index (χ4n) is 2.92. The summed E-state index contributed by atoms with van der Waals surface area (Å²) in [4.78, 5) is 18.1. The van der Waals surface area contributed by atoms with Crippen molar-refractivity contribution in [2.75, 3.05) is 20.3 Å². The normalized spacial score (nSPS) is 16.2. The van der Waals surface area contributed by atoms with E-state index >= 15 is 0 Å². The molecule has 0 radical (unpaired) electrons. The summed E-state index contributed by atoms with van der Waals surface area (Å²) in [7, 11) is 1.64. The van der Waals surface area contributed by atoms with Crippen molar-refractivity contribution in [2.45, 2.75) is 26.7 Å². The minimum absolute atomic E-state index is 0.0439. The maximum absolute atomic E-state index is 12.4. The van der Waals surface area contributed by atoms with Gasteiger partial charge in [-0.3, -0.25) is 4.79 Å². The number of carbonyl (C=O) groups is 1. The van der Waals surface area contributed by atoms with E-state index in [9.17, 15) is 4.79 Å². The molecule has 24 heavy (non-hydrogen) atoms. The van der Waals surface area contributed by atoms with Crippen LogP contribution in [0.15, 0.2) is 18.2 Å². The van der Waals surface area contributed by atoms with Gasteiger partial charge >= 0.3 is 0 Å². The van der Waals surface area contributed by atoms with E-state index in [0.717, 1.165) is 34.2 Å². The molecule has 0 bridgehead atoms. The summed E-state index contributed by atoms with van der Waals surface area (Å²) in [5.41, 5.74) is 2.09. The molecule has 1 unspecified atom stereocenters. The summed E-state index contributed by atoms with van der Waals surface area (Å²) >= 11 is 1.70. The summed E-state index contributed by atoms with van der Waals surface area (Å²) in [5, 5.41) is 4.09. The number of amides is 1. The minimum atomic E-state index is -0.158. The minimum Gasteiger partial charge on any atom is -0.497 e. The average molecular weight is 346 g/mol. The monoisotopic (exact) mass is 346 g/mol. The van der Waals surface area contributed by atoms with E-state index in [1.54, 1.807) is 18.4 Å². The molecule has 0 spiro atoms. The van der Waals surface area contributed by atoms with Crippen LogP contribution >= 0.6 is 11.3 Å². The Labute approximate surface area is 146 Å². The van der Waals surface area contributed by atoms with Gasteiger partial charge in [0, 0.05) is 17.8 Å². The number of thiazole rings is 1. The third-order valence-electron chi connectivity index (χ3n) is 4.20. The van der Waals surface area contributed by atoms with Crippen LogP contribution in [0.2, 0.25) is 0 Å². The van der Waals surface area contributed by atoms with Crippen molar-refractivity contribution in [3.8, 4) is 11.5 Å². The van der Waals surface area contributed by atoms with Crippen LogP contribution in [0.3, 0.4) is 0 Å². The molecular formula is C18H22N2O3S. The summed E-state index contributed by atoms with van der Waals surface area (Å²) in [6.45, 7) is 5.07. The molecule has 1 amide bonds. The first-order valence-electron chi connectivity index (χ1n) is 8.07. The lowest BCUT2D eigenvalue weighted by Gasteiger charge is -2.25. The lowest BCUT2D eigenvalue weighted by Crippen LogP contribution is -2.38. The van der Waals surface area contributed by atoms with Gasteiger partial charge in [-0.25, -0.2) is 4.98 Å². The molecule has 0 saturated heterocycles. The fraction of sp³-hybridized carbons (Fsp3) is 0.444. The SMILES string of the molecule is COc1ccc2c(c1)CC(C(=O)NCCc1sc(C)nc1C)CO2. The lowest BCUT2D eigenvalue weighted by molar-refractivity contribution is -0.126. The van der Waals surface area contributed by atoms with Crippen molar-refractivity contribution in [3.05, 3.63) is 39.3 Å². The van der Waals surface area contributed by atoms with Gasteiger partial charge in [-0.05, 0) is 44.0 Å². The fourth-order valence-corrected chi connectivity index (χ4v) is 3.85. The number of carbonyl (C=O) groups excluding carboxylic acids is 1. The second-order valence-corrected chi connectivity index (χ2v) is 7.26. The predicted octanol–water partition coefficient (Wildman–Crippen LogP) is 2.68. The Hall–Kier alpha value is -2.08. The Morgan fingerprint density at radius 2 is 2.29 bits per heavy atom. The molecule has 1 aliphatic rings. The number of fused-ring (bicyclic) bond motifs is 1. The summed E-state index contributed by atoms with van der Waals surface area (Å²) < 4.78 is 11.0. The number of nitrogens with one attached hydrogen (secondary N) is 1. The number of methoxy groups -OCH3 is 1. The quantitative estimate of drug-likeness (QED) is 0.904. The Morgan fingerprint density at radius 1 is 1.46 bits per heavy atom. The van der Waals surface area contributed by atoms with Crippen molar-refractivity contribution in [3.63, 3.8) is 0 Å². The molecule has 1 atom stereocenters. The van der Waals surface area contributed by atoms with E-state index in [4.69, 9.17) is 9.47 Å². The van der Waals surface area contributed by atoms with Crippen LogP contribution in [0.5, 0.6) is 11.5 Å². The van der Waals surface area contributed by atoms with Crippen LogP contribution < -0.4 is 14.8 Å². The smallest absolute Gasteiger partial charge is 0.226 e. The average Bonchev–Trinajstić information content (AvgIpc) is 2.91. The lowest BCUT2D eigenvalue weighted by atomic mass is 9.96. The summed E-state index contributed by atoms with van der Waals surface area (Å²) in [5.74, 6) is 1.52. The molecule has 128 valence electrons. The number of hydrogen-bond acceptors (Lipinski definition) is 5. The summed E-state index contributed by atoms with van der Waals surface area (Å²) in [6.07, 6.45) is 1.50. The van der Waals surface area contributed by atoms with E-state index in [0.29, 0.717) is 19.6 Å². The van der Waals surface area contributed by atoms with E-state index in [1.165, 1.54) is 4.88 Å². The molecule has 1 aliphatic heterocycles. The van der Waals surface area contributed by atoms with Gasteiger partial charge in [-0.2, -0.15) is 0 Å². The zero-order valence-electron chi connectivity index (χ0n) is 14.2. The highest BCUT2D eigenvalue weighted by Gasteiger charge is 2.26. The molecular weight excluding hydrogens is 324 g/mol. The van der Waals surface area contributed by atoms with Crippen LogP contribution in [0.4, 0.5) is 0 Å². The Morgan fingerprint density at radius 3 is 3.00 bits per heavy atom. The Kier molecular flexibility index (Phi) is 5.04. The number of benzene rings is 1. The van der Waals surface area contributed by atoms with Crippen LogP contribution in [0.25, 0.3) is 0 Å². The van der Waals surface area contributed by atoms with Crippen molar-refractivity contribution >= 4 is 17.2 Å². The van der Waals surface area contributed by atoms with Gasteiger partial charge in [-0.15, -0.1) is 11.3 Å². The highest BCUT2D eigenvalue weighted by molar-refractivity contribution is 7.11. The molecule has 1 aromatic heterocycles. The maximum atomic E-state index is 12.4. The third-order valence-corrected chi connectivity index (χ3v) is 5.33. The first-order valence-corrected chi connectivity index (χ1v) is 8.89. The Balaban J connectivity index is 1.55. The number of aryl methyl sites for hydroxylation is 2. The largest absolute Gasteiger partial charge is 0.497 e. The van der Waals surface area contributed by atoms with E-state index in [1.807, 2.05) is 32.0 Å². The first kappa shape index (κ1) is 16.8. The van der Waals surface area contributed by atoms with Gasteiger partial charge in [0.25, 0.3) is 0 Å². The van der Waals surface area contributed by atoms with E-state index < -0.39 is 0 Å². The maximum Gasteiger partial charge on any atom is 0.226 e. The highest BCUT2D eigenvalue weighted by atomic mass is 32.1. The first-order chi connectivity index (χ1) is 11.6. The van der Waals surface area contributed by atoms with Gasteiger partial charge in [-0.1, -0.05) is 0 Å². The topological polar surface area (TPSA) is 60.5 Å². The van der Waals surface area contributed by atoms with Gasteiger partial charge in [0.1, 0.15) is 18.1 Å². The predicted molar refractivity (Wildman–Crippen MR) is 94.0 cm³/mol. The van der Waals surface area contributed by atoms with Gasteiger partial charge in [0.2, 0.25) is 5.91 Å². The van der Waals surface area contributed by atoms with Crippen molar-refractivity contribution in [1.82, 2.24) is 10.3 Å². The van der Waals surface area contributed by atoms with Crippen LogP contribution in [0, 0.1) is 19.8 Å². The molecule has 1 aromatic carbocycles. The second kappa shape index (κ2) is 7.21. The zero-order valence-corrected chi connectivity index (χ0v) is 15.0. The molecule has 3 rings (SSSR count). The molecule has 0 fully saturated rings. The van der Waals surface area contributed by atoms with Gasteiger partial charge in [0.15, 0.2) is 0 Å². The van der Waals surface area contributed by atoms with E-state index in [-0.39, 0.29) is 11.8 Å². The number of aromatic nitrogens is 1. The van der Waals surface area contributed by atoms with Crippen LogP contribution in [-0.4, -0.2) is 31.2 Å². The third kappa shape index (κ3) is 3.70. The number of ether oxygens (including phenoxy) is 2. The summed E-state index contributed by atoms with van der Waals surface area (Å²) in [6, 6.07) is 5.72. The molecule has 2 aromatic rings. The molecule has 0 saturated carbocycles. The van der Waals surface area contributed by atoms with Crippen molar-refractivity contribution in [2.24, 2.45) is 5.92 Å². The van der Waals surface area contributed by atoms with E-state index in [2.05, 4.69) is 10.3 Å². The van der Waals surface area contributed by atoms with Crippen LogP contribution in [-0.2, 0) is 17.6 Å². The highest BCUT2D eigenvalue weighted by Crippen LogP contribution is 2.30. The molecule has 2 heterocycles. The molecule has 1 N–H and O–H groups in total. The number of nitrogens with zero attached hydrogens (tertiary/aromatic N) is 1. The standard InChI is InChI=1S/C18H22N2O3S/c1-11-17(24-12(2)20-11)6-7-19-18(21)14-8-13-9-15(22-3)4-5-16(13)23-10-14/h4-5,9,14H,6-8,10H2,1-3H3,(H,19,21).